The van der Waals surface area contributed by atoms with Crippen LogP contribution < -0.4 is 14.9 Å². The summed E-state index contributed by atoms with van der Waals surface area (Å²) in [5, 5.41) is 9.37. The molecule has 0 N–H and O–H groups in total. The minimum Gasteiger partial charge on any atom is -0.493 e. The Kier molecular flexibility index (Phi) is 3.92. The molecular weight excluding hydrogens is 269 g/mol. The summed E-state index contributed by atoms with van der Waals surface area (Å²) in [6, 6.07) is 5.53. The second-order valence-electron chi connectivity index (χ2n) is 5.99. The molecule has 1 fully saturated rings. The highest BCUT2D eigenvalue weighted by Crippen LogP contribution is 2.37. The Morgan fingerprint density at radius 1 is 1.00 bits per heavy atom. The summed E-state index contributed by atoms with van der Waals surface area (Å²) in [4.78, 5) is 0. The van der Waals surface area contributed by atoms with Crippen molar-refractivity contribution in [3.05, 3.63) is 17.7 Å². The molecule has 5 nitrogen and oxygen atoms in total. The van der Waals surface area contributed by atoms with Crippen LogP contribution in [0.4, 0.5) is 0 Å². The molecule has 0 spiro atoms. The molecule has 1 heterocycles. The van der Waals surface area contributed by atoms with Crippen molar-refractivity contribution in [2.24, 2.45) is 0 Å². The van der Waals surface area contributed by atoms with Gasteiger partial charge >= 0.3 is 7.12 Å². The molecule has 0 saturated carbocycles. The van der Waals surface area contributed by atoms with Gasteiger partial charge in [0.05, 0.1) is 37.1 Å². The largest absolute Gasteiger partial charge is 0.496 e. The normalized spacial score (nSPS) is 19.2. The Hall–Kier alpha value is -1.71. The summed E-state index contributed by atoms with van der Waals surface area (Å²) in [6.07, 6.45) is 0. The van der Waals surface area contributed by atoms with Gasteiger partial charge in [-0.25, -0.2) is 0 Å². The van der Waals surface area contributed by atoms with Gasteiger partial charge in [0.2, 0.25) is 0 Å². The maximum atomic E-state index is 9.37. The van der Waals surface area contributed by atoms with Crippen LogP contribution in [0.3, 0.4) is 0 Å². The van der Waals surface area contributed by atoms with Crippen LogP contribution in [0.5, 0.6) is 11.5 Å². The molecule has 112 valence electrons. The number of benzene rings is 1. The molecule has 1 aliphatic heterocycles. The molecule has 0 atom stereocenters. The summed E-state index contributed by atoms with van der Waals surface area (Å²) in [5.74, 6) is 1.05. The van der Waals surface area contributed by atoms with E-state index in [2.05, 4.69) is 6.07 Å². The van der Waals surface area contributed by atoms with Gasteiger partial charge in [-0.1, -0.05) is 0 Å². The minimum atomic E-state index is -0.607. The van der Waals surface area contributed by atoms with Gasteiger partial charge in [0.1, 0.15) is 0 Å². The van der Waals surface area contributed by atoms with E-state index >= 15 is 0 Å². The lowest BCUT2D eigenvalue weighted by molar-refractivity contribution is 0.00578. The Labute approximate surface area is 125 Å². The third kappa shape index (κ3) is 2.59. The summed E-state index contributed by atoms with van der Waals surface area (Å²) in [5.41, 5.74) is 0.176. The number of nitriles is 1. The molecule has 0 aromatic heterocycles. The molecular formula is C15H20BNO4. The predicted octanol–water partition coefficient (Wildman–Crippen LogP) is 1.87. The lowest BCUT2D eigenvalue weighted by atomic mass is 9.76. The number of hydrogen-bond donors (Lipinski definition) is 0. The maximum Gasteiger partial charge on any atom is 0.496 e. The molecule has 0 amide bonds. The van der Waals surface area contributed by atoms with Crippen LogP contribution in [0.25, 0.3) is 0 Å². The minimum absolute atomic E-state index is 0.450. The van der Waals surface area contributed by atoms with E-state index < -0.39 is 18.3 Å². The number of rotatable bonds is 3. The van der Waals surface area contributed by atoms with Crippen molar-refractivity contribution < 1.29 is 18.8 Å². The Morgan fingerprint density at radius 3 is 1.90 bits per heavy atom. The van der Waals surface area contributed by atoms with Gasteiger partial charge in [0.15, 0.2) is 11.5 Å². The summed E-state index contributed by atoms with van der Waals surface area (Å²) >= 11 is 0. The standard InChI is InChI=1S/C15H20BNO4/c1-14(2)15(3,4)21-16(20-14)11-8-13(19-6)12(18-5)7-10(11)9-17/h7-8H,1-6H3. The monoisotopic (exact) mass is 289 g/mol. The average molecular weight is 289 g/mol. The van der Waals surface area contributed by atoms with Crippen molar-refractivity contribution in [1.29, 1.82) is 5.26 Å². The first kappa shape index (κ1) is 15.7. The average Bonchev–Trinajstić information content (AvgIpc) is 2.65. The van der Waals surface area contributed by atoms with Gasteiger partial charge in [-0.15, -0.1) is 0 Å². The quantitative estimate of drug-likeness (QED) is 0.795. The van der Waals surface area contributed by atoms with E-state index in [0.717, 1.165) is 0 Å². The molecule has 0 unspecified atom stereocenters. The Bertz CT molecular complexity index is 576. The van der Waals surface area contributed by atoms with E-state index in [0.29, 0.717) is 22.5 Å². The summed E-state index contributed by atoms with van der Waals surface area (Å²) in [7, 11) is 2.48. The van der Waals surface area contributed by atoms with Gasteiger partial charge in [-0.2, -0.15) is 5.26 Å². The second kappa shape index (κ2) is 5.25. The predicted molar refractivity (Wildman–Crippen MR) is 80.0 cm³/mol. The summed E-state index contributed by atoms with van der Waals surface area (Å²) < 4.78 is 22.5. The van der Waals surface area contributed by atoms with Crippen molar-refractivity contribution in [2.45, 2.75) is 38.9 Å². The lowest BCUT2D eigenvalue weighted by Crippen LogP contribution is -2.41. The lowest BCUT2D eigenvalue weighted by Gasteiger charge is -2.32. The number of methoxy groups -OCH3 is 2. The zero-order valence-electron chi connectivity index (χ0n) is 13.3. The van der Waals surface area contributed by atoms with Gasteiger partial charge in [0.25, 0.3) is 0 Å². The highest BCUT2D eigenvalue weighted by Gasteiger charge is 2.52. The van der Waals surface area contributed by atoms with E-state index in [1.165, 1.54) is 7.11 Å². The van der Waals surface area contributed by atoms with Gasteiger partial charge in [0, 0.05) is 11.5 Å². The van der Waals surface area contributed by atoms with Crippen molar-refractivity contribution in [3.8, 4) is 17.6 Å². The fourth-order valence-electron chi connectivity index (χ4n) is 2.16. The molecule has 1 saturated heterocycles. The Balaban J connectivity index is 2.48. The van der Waals surface area contributed by atoms with Crippen molar-refractivity contribution in [2.75, 3.05) is 14.2 Å². The van der Waals surface area contributed by atoms with E-state index in [9.17, 15) is 5.26 Å². The van der Waals surface area contributed by atoms with Crippen LogP contribution in [0.1, 0.15) is 33.3 Å². The fourth-order valence-corrected chi connectivity index (χ4v) is 2.16. The highest BCUT2D eigenvalue weighted by atomic mass is 16.7. The van der Waals surface area contributed by atoms with Crippen LogP contribution in [0.15, 0.2) is 12.1 Å². The molecule has 0 bridgehead atoms. The molecule has 6 heteroatoms. The van der Waals surface area contributed by atoms with Crippen LogP contribution >= 0.6 is 0 Å². The first-order chi connectivity index (χ1) is 9.75. The van der Waals surface area contributed by atoms with Crippen molar-refractivity contribution >= 4 is 12.6 Å². The second-order valence-corrected chi connectivity index (χ2v) is 5.99. The first-order valence-electron chi connectivity index (χ1n) is 6.77. The molecule has 1 aromatic carbocycles. The SMILES string of the molecule is COc1cc(C#N)c(B2OC(C)(C)C(C)(C)O2)cc1OC. The number of hydrogen-bond acceptors (Lipinski definition) is 5. The topological polar surface area (TPSA) is 60.7 Å². The van der Waals surface area contributed by atoms with E-state index in [-0.39, 0.29) is 0 Å². The van der Waals surface area contributed by atoms with E-state index in [1.807, 2.05) is 27.7 Å². The molecule has 1 aliphatic rings. The molecule has 1 aromatic rings. The van der Waals surface area contributed by atoms with Crippen LogP contribution in [-0.4, -0.2) is 32.5 Å². The molecule has 0 radical (unpaired) electrons. The smallest absolute Gasteiger partial charge is 0.493 e. The molecule has 0 aliphatic carbocycles. The highest BCUT2D eigenvalue weighted by molar-refractivity contribution is 6.63. The number of ether oxygens (including phenoxy) is 2. The molecule has 21 heavy (non-hydrogen) atoms. The van der Waals surface area contributed by atoms with Crippen LogP contribution in [0.2, 0.25) is 0 Å². The Morgan fingerprint density at radius 2 is 1.48 bits per heavy atom. The van der Waals surface area contributed by atoms with Crippen LogP contribution in [0, 0.1) is 11.3 Å². The van der Waals surface area contributed by atoms with Crippen LogP contribution in [-0.2, 0) is 9.31 Å². The first-order valence-corrected chi connectivity index (χ1v) is 6.77. The third-order valence-electron chi connectivity index (χ3n) is 4.18. The van der Waals surface area contributed by atoms with Gasteiger partial charge in [-0.05, 0) is 33.8 Å². The fraction of sp³-hybridized carbons (Fsp3) is 0.533. The zero-order valence-corrected chi connectivity index (χ0v) is 13.3. The number of nitrogens with zero attached hydrogens (tertiary/aromatic N) is 1. The van der Waals surface area contributed by atoms with Gasteiger partial charge in [-0.3, -0.25) is 0 Å². The molecule has 2 rings (SSSR count). The maximum absolute atomic E-state index is 9.37. The van der Waals surface area contributed by atoms with E-state index in [1.54, 1.807) is 19.2 Å². The summed E-state index contributed by atoms with van der Waals surface area (Å²) in [6.45, 7) is 7.89. The van der Waals surface area contributed by atoms with Gasteiger partial charge < -0.3 is 18.8 Å². The third-order valence-corrected chi connectivity index (χ3v) is 4.18. The zero-order chi connectivity index (χ0) is 15.8. The van der Waals surface area contributed by atoms with Crippen molar-refractivity contribution in [1.82, 2.24) is 0 Å². The van der Waals surface area contributed by atoms with Crippen molar-refractivity contribution in [3.63, 3.8) is 0 Å². The van der Waals surface area contributed by atoms with E-state index in [4.69, 9.17) is 18.8 Å².